The van der Waals surface area contributed by atoms with E-state index in [9.17, 15) is 4.79 Å². The lowest BCUT2D eigenvalue weighted by Crippen LogP contribution is -2.41. The lowest BCUT2D eigenvalue weighted by atomic mass is 9.90. The van der Waals surface area contributed by atoms with Gasteiger partial charge < -0.3 is 15.2 Å². The number of hydrogen-bond donors (Lipinski definition) is 2. The molecule has 1 aromatic carbocycles. The van der Waals surface area contributed by atoms with E-state index in [1.807, 2.05) is 25.5 Å². The number of benzene rings is 1. The maximum Gasteiger partial charge on any atom is 0.224 e. The summed E-state index contributed by atoms with van der Waals surface area (Å²) in [5.41, 5.74) is 4.82. The Balaban J connectivity index is 1.17. The molecule has 9 heteroatoms. The molecule has 2 N–H and O–H groups in total. The molecule has 0 spiro atoms. The van der Waals surface area contributed by atoms with Crippen molar-refractivity contribution >= 4 is 33.9 Å². The molecule has 0 unspecified atom stereocenters. The Hall–Kier alpha value is -3.49. The minimum atomic E-state index is 0.330. The number of rotatable bonds is 4. The number of likely N-dealkylation sites (tertiary alicyclic amines) is 1. The van der Waals surface area contributed by atoms with Crippen LogP contribution in [0.2, 0.25) is 0 Å². The normalized spacial score (nSPS) is 21.7. The quantitative estimate of drug-likeness (QED) is 0.515. The van der Waals surface area contributed by atoms with Crippen molar-refractivity contribution in [2.45, 2.75) is 50.6 Å². The molecule has 1 saturated heterocycles. The van der Waals surface area contributed by atoms with E-state index in [2.05, 4.69) is 42.6 Å². The van der Waals surface area contributed by atoms with E-state index >= 15 is 0 Å². The molecule has 2 aliphatic rings. The highest BCUT2D eigenvalue weighted by molar-refractivity contribution is 5.95. The van der Waals surface area contributed by atoms with Crippen molar-refractivity contribution in [1.29, 1.82) is 0 Å². The Morgan fingerprint density at radius 2 is 2.06 bits per heavy atom. The van der Waals surface area contributed by atoms with Gasteiger partial charge in [0, 0.05) is 55.4 Å². The average Bonchev–Trinajstić information content (AvgIpc) is 3.53. The fourth-order valence-electron chi connectivity index (χ4n) is 5.18. The van der Waals surface area contributed by atoms with Crippen LogP contribution in [0.1, 0.15) is 38.5 Å². The average molecular weight is 431 g/mol. The van der Waals surface area contributed by atoms with Crippen LogP contribution in [0.15, 0.2) is 30.6 Å². The van der Waals surface area contributed by atoms with Crippen LogP contribution < -0.4 is 5.32 Å². The number of nitrogens with one attached hydrogen (secondary N) is 2. The van der Waals surface area contributed by atoms with Gasteiger partial charge in [-0.25, -0.2) is 9.67 Å². The summed E-state index contributed by atoms with van der Waals surface area (Å²) in [5, 5.41) is 12.7. The summed E-state index contributed by atoms with van der Waals surface area (Å²) in [6, 6.07) is 6.88. The van der Waals surface area contributed by atoms with E-state index in [1.165, 1.54) is 0 Å². The molecule has 1 amide bonds. The molecule has 3 aromatic heterocycles. The molecular formula is C23H26N8O. The van der Waals surface area contributed by atoms with Crippen molar-refractivity contribution in [3.63, 3.8) is 0 Å². The Bertz CT molecular complexity index is 1300. The molecule has 9 nitrogen and oxygen atoms in total. The van der Waals surface area contributed by atoms with Gasteiger partial charge in [0.25, 0.3) is 0 Å². The molecule has 0 atom stereocenters. The first-order chi connectivity index (χ1) is 15.7. The Morgan fingerprint density at radius 1 is 1.19 bits per heavy atom. The molecule has 4 aromatic rings. The van der Waals surface area contributed by atoms with Crippen LogP contribution in [0.25, 0.3) is 33.2 Å². The van der Waals surface area contributed by atoms with Gasteiger partial charge in [-0.05, 0) is 49.8 Å². The van der Waals surface area contributed by atoms with Crippen LogP contribution in [0.4, 0.5) is 5.95 Å². The standard InChI is InChI=1S/C23H26N8O/c1-30-20-11-14(4-9-19(20)28-29-30)17-12-24-22-18(17)13-25-23(27-22)26-15-5-7-16(8-6-15)31-10-2-3-21(31)32/h4,9,11-13,15-16H,2-3,5-8,10H2,1H3,(H2,24,25,26,27). The van der Waals surface area contributed by atoms with Gasteiger partial charge in [-0.1, -0.05) is 11.3 Å². The van der Waals surface area contributed by atoms with E-state index in [-0.39, 0.29) is 0 Å². The van der Waals surface area contributed by atoms with Gasteiger partial charge >= 0.3 is 0 Å². The van der Waals surface area contributed by atoms with E-state index < -0.39 is 0 Å². The van der Waals surface area contributed by atoms with Gasteiger partial charge in [-0.3, -0.25) is 4.79 Å². The number of carbonyl (C=O) groups excluding carboxylic acids is 1. The molecule has 2 fully saturated rings. The number of aromatic amines is 1. The van der Waals surface area contributed by atoms with Crippen LogP contribution in [0, 0.1) is 0 Å². The Morgan fingerprint density at radius 3 is 2.88 bits per heavy atom. The third kappa shape index (κ3) is 3.28. The zero-order valence-electron chi connectivity index (χ0n) is 18.1. The van der Waals surface area contributed by atoms with Crippen molar-refractivity contribution < 1.29 is 4.79 Å². The van der Waals surface area contributed by atoms with Crippen molar-refractivity contribution in [3.05, 3.63) is 30.6 Å². The molecule has 6 rings (SSSR count). The summed E-state index contributed by atoms with van der Waals surface area (Å²) in [7, 11) is 1.89. The molecule has 1 aliphatic carbocycles. The molecule has 0 radical (unpaired) electrons. The van der Waals surface area contributed by atoms with E-state index in [4.69, 9.17) is 4.98 Å². The first kappa shape index (κ1) is 19.2. The van der Waals surface area contributed by atoms with Crippen LogP contribution in [0.3, 0.4) is 0 Å². The molecule has 164 valence electrons. The molecule has 32 heavy (non-hydrogen) atoms. The zero-order valence-corrected chi connectivity index (χ0v) is 18.1. The summed E-state index contributed by atoms with van der Waals surface area (Å²) in [4.78, 5) is 26.7. The van der Waals surface area contributed by atoms with Crippen LogP contribution in [-0.4, -0.2) is 59.4 Å². The first-order valence-electron chi connectivity index (χ1n) is 11.4. The van der Waals surface area contributed by atoms with Gasteiger partial charge in [-0.2, -0.15) is 4.98 Å². The Kier molecular flexibility index (Phi) is 4.55. The number of anilines is 1. The van der Waals surface area contributed by atoms with Crippen molar-refractivity contribution in [3.8, 4) is 11.1 Å². The van der Waals surface area contributed by atoms with Crippen molar-refractivity contribution in [1.82, 2.24) is 34.8 Å². The highest BCUT2D eigenvalue weighted by atomic mass is 16.2. The lowest BCUT2D eigenvalue weighted by molar-refractivity contribution is -0.130. The Labute approximate surface area is 185 Å². The number of aryl methyl sites for hydroxylation is 1. The monoisotopic (exact) mass is 430 g/mol. The largest absolute Gasteiger partial charge is 0.351 e. The minimum Gasteiger partial charge on any atom is -0.351 e. The van der Waals surface area contributed by atoms with E-state index in [0.29, 0.717) is 23.9 Å². The summed E-state index contributed by atoms with van der Waals surface area (Å²) in [5.74, 6) is 0.981. The number of amides is 1. The molecule has 1 aliphatic heterocycles. The second-order valence-electron chi connectivity index (χ2n) is 8.92. The number of H-pyrrole nitrogens is 1. The lowest BCUT2D eigenvalue weighted by Gasteiger charge is -2.34. The van der Waals surface area contributed by atoms with Crippen LogP contribution in [0.5, 0.6) is 0 Å². The fraction of sp³-hybridized carbons (Fsp3) is 0.435. The van der Waals surface area contributed by atoms with Gasteiger partial charge in [0.2, 0.25) is 11.9 Å². The molecule has 0 bridgehead atoms. The summed E-state index contributed by atoms with van der Waals surface area (Å²) in [6.07, 6.45) is 9.75. The maximum atomic E-state index is 12.0. The van der Waals surface area contributed by atoms with Crippen LogP contribution >= 0.6 is 0 Å². The number of hydrogen-bond acceptors (Lipinski definition) is 6. The fourth-order valence-corrected chi connectivity index (χ4v) is 5.18. The summed E-state index contributed by atoms with van der Waals surface area (Å²) in [6.45, 7) is 0.931. The number of nitrogens with zero attached hydrogens (tertiary/aromatic N) is 6. The van der Waals surface area contributed by atoms with Crippen molar-refractivity contribution in [2.24, 2.45) is 7.05 Å². The summed E-state index contributed by atoms with van der Waals surface area (Å²) >= 11 is 0. The van der Waals surface area contributed by atoms with Gasteiger partial charge in [0.1, 0.15) is 11.2 Å². The summed E-state index contributed by atoms with van der Waals surface area (Å²) < 4.78 is 1.78. The highest BCUT2D eigenvalue weighted by Crippen LogP contribution is 2.31. The minimum absolute atomic E-state index is 0.330. The molecular weight excluding hydrogens is 404 g/mol. The SMILES string of the molecule is Cn1nnc2ccc(-c3c[nH]c4nc(NC5CCC(N6CCCC6=O)CC5)ncc34)cc21. The number of fused-ring (bicyclic) bond motifs is 2. The van der Waals surface area contributed by atoms with Gasteiger partial charge in [0.05, 0.1) is 5.52 Å². The predicted octanol–water partition coefficient (Wildman–Crippen LogP) is 3.25. The third-order valence-corrected chi connectivity index (χ3v) is 6.93. The smallest absolute Gasteiger partial charge is 0.224 e. The zero-order chi connectivity index (χ0) is 21.7. The third-order valence-electron chi connectivity index (χ3n) is 6.93. The molecule has 4 heterocycles. The number of carbonyl (C=O) groups is 1. The topological polar surface area (TPSA) is 105 Å². The van der Waals surface area contributed by atoms with E-state index in [0.717, 1.165) is 78.3 Å². The van der Waals surface area contributed by atoms with Gasteiger partial charge in [0.15, 0.2) is 0 Å². The maximum absolute atomic E-state index is 12.0. The van der Waals surface area contributed by atoms with Gasteiger partial charge in [-0.15, -0.1) is 5.10 Å². The second kappa shape index (κ2) is 7.58. The molecule has 1 saturated carbocycles. The predicted molar refractivity (Wildman–Crippen MR) is 122 cm³/mol. The van der Waals surface area contributed by atoms with Crippen LogP contribution in [-0.2, 0) is 11.8 Å². The first-order valence-corrected chi connectivity index (χ1v) is 11.4. The number of aromatic nitrogens is 6. The van der Waals surface area contributed by atoms with Crippen molar-refractivity contribution in [2.75, 3.05) is 11.9 Å². The second-order valence-corrected chi connectivity index (χ2v) is 8.92. The highest BCUT2D eigenvalue weighted by Gasteiger charge is 2.31. The van der Waals surface area contributed by atoms with E-state index in [1.54, 1.807) is 4.68 Å².